The van der Waals surface area contributed by atoms with Crippen LogP contribution in [0, 0.1) is 11.2 Å². The molecule has 2 heterocycles. The summed E-state index contributed by atoms with van der Waals surface area (Å²) in [6.07, 6.45) is 14.7. The van der Waals surface area contributed by atoms with Gasteiger partial charge in [-0.2, -0.15) is 0 Å². The summed E-state index contributed by atoms with van der Waals surface area (Å²) in [5.74, 6) is 0.424. The van der Waals surface area contributed by atoms with Crippen molar-refractivity contribution in [1.82, 2.24) is 9.13 Å². The van der Waals surface area contributed by atoms with E-state index in [2.05, 4.69) is 13.2 Å². The largest absolute Gasteiger partial charge is 0.881 e. The van der Waals surface area contributed by atoms with Crippen LogP contribution in [0.25, 0.3) is 12.4 Å². The summed E-state index contributed by atoms with van der Waals surface area (Å²) < 4.78 is 17.1. The minimum atomic E-state index is -2.31. The molecular weight excluding hydrogens is 405 g/mol. The summed E-state index contributed by atoms with van der Waals surface area (Å²) in [5, 5.41) is 25.2. The van der Waals surface area contributed by atoms with Crippen LogP contribution >= 0.6 is 0 Å². The molecule has 0 amide bonds. The number of carbonyl (C=O) groups excluding carboxylic acids is 2. The van der Waals surface area contributed by atoms with Crippen molar-refractivity contribution in [2.75, 3.05) is 13.2 Å². The van der Waals surface area contributed by atoms with Gasteiger partial charge in [0.2, 0.25) is 12.7 Å². The number of ether oxygens (including phenoxy) is 2. The second-order valence-electron chi connectivity index (χ2n) is 5.70. The van der Waals surface area contributed by atoms with E-state index in [4.69, 9.17) is 24.8 Å². The van der Waals surface area contributed by atoms with Crippen molar-refractivity contribution in [2.24, 2.45) is 0 Å². The van der Waals surface area contributed by atoms with Crippen molar-refractivity contribution in [3.05, 3.63) is 50.6 Å². The molecule has 0 aliphatic carbocycles. The Morgan fingerprint density at radius 1 is 1.00 bits per heavy atom. The molecular formula is C19H26BN5O6. The fraction of sp³-hybridized carbons (Fsp3) is 0.316. The third-order valence-electron chi connectivity index (χ3n) is 3.26. The molecule has 0 spiro atoms. The van der Waals surface area contributed by atoms with Gasteiger partial charge < -0.3 is 19.5 Å². The highest BCUT2D eigenvalue weighted by atomic mass is 16.5. The number of hydrogen-bond acceptors (Lipinski definition) is 7. The molecule has 11 nitrogen and oxygen atoms in total. The SMILES string of the molecule is C=Cn1cc[n+](CCOC(C)=O)c1.C=Cn1cc[n+](CCOC(C)=O)c1.N#CB([O-])[O-]. The zero-order valence-electron chi connectivity index (χ0n) is 17.6. The van der Waals surface area contributed by atoms with Gasteiger partial charge in [0.25, 0.3) is 0 Å². The number of aromatic nitrogens is 4. The maximum atomic E-state index is 10.4. The minimum absolute atomic E-state index is 0.247. The van der Waals surface area contributed by atoms with E-state index in [0.29, 0.717) is 26.3 Å². The van der Waals surface area contributed by atoms with Crippen molar-refractivity contribution >= 4 is 31.5 Å². The van der Waals surface area contributed by atoms with Crippen LogP contribution in [0.5, 0.6) is 0 Å². The van der Waals surface area contributed by atoms with Crippen molar-refractivity contribution in [2.45, 2.75) is 26.9 Å². The van der Waals surface area contributed by atoms with Gasteiger partial charge in [0.1, 0.15) is 51.1 Å². The van der Waals surface area contributed by atoms with E-state index in [1.807, 2.05) is 55.7 Å². The number of rotatable bonds is 8. The monoisotopic (exact) mass is 431 g/mol. The fourth-order valence-corrected chi connectivity index (χ4v) is 1.89. The highest BCUT2D eigenvalue weighted by Gasteiger charge is 2.02. The lowest BCUT2D eigenvalue weighted by atomic mass is 9.97. The number of hydrogen-bond donors (Lipinski definition) is 0. The molecule has 0 bridgehead atoms. The molecule has 0 N–H and O–H groups in total. The van der Waals surface area contributed by atoms with Gasteiger partial charge >= 0.3 is 11.9 Å². The van der Waals surface area contributed by atoms with Crippen molar-refractivity contribution in [3.63, 3.8) is 0 Å². The molecule has 0 atom stereocenters. The van der Waals surface area contributed by atoms with Crippen LogP contribution in [0.2, 0.25) is 0 Å². The molecule has 12 heteroatoms. The van der Waals surface area contributed by atoms with E-state index in [0.717, 1.165) is 5.97 Å². The molecule has 0 aromatic carbocycles. The van der Waals surface area contributed by atoms with Crippen molar-refractivity contribution in [3.8, 4) is 5.97 Å². The van der Waals surface area contributed by atoms with Crippen molar-refractivity contribution < 1.29 is 38.2 Å². The van der Waals surface area contributed by atoms with Gasteiger partial charge in [-0.25, -0.2) is 23.5 Å². The molecule has 2 aromatic rings. The van der Waals surface area contributed by atoms with Crippen molar-refractivity contribution in [1.29, 1.82) is 5.26 Å². The third-order valence-corrected chi connectivity index (χ3v) is 3.26. The maximum absolute atomic E-state index is 10.4. The lowest BCUT2D eigenvalue weighted by Gasteiger charge is -2.12. The average molecular weight is 431 g/mol. The van der Waals surface area contributed by atoms with Gasteiger partial charge in [-0.15, -0.1) is 0 Å². The quantitative estimate of drug-likeness (QED) is 0.271. The summed E-state index contributed by atoms with van der Waals surface area (Å²) in [6, 6.07) is 0. The van der Waals surface area contributed by atoms with Crippen LogP contribution in [-0.2, 0) is 32.2 Å². The first kappa shape index (κ1) is 27.3. The van der Waals surface area contributed by atoms with E-state index in [1.165, 1.54) is 13.8 Å². The Bertz CT molecular complexity index is 809. The van der Waals surface area contributed by atoms with Gasteiger partial charge in [0.15, 0.2) is 0 Å². The summed E-state index contributed by atoms with van der Waals surface area (Å²) in [5.41, 5.74) is 0. The molecule has 0 fully saturated rings. The van der Waals surface area contributed by atoms with Gasteiger partial charge in [-0.1, -0.05) is 13.2 Å². The molecule has 0 aliphatic heterocycles. The van der Waals surface area contributed by atoms with E-state index >= 15 is 0 Å². The Kier molecular flexibility index (Phi) is 14.2. The highest BCUT2D eigenvalue weighted by molar-refractivity contribution is 6.46. The Morgan fingerprint density at radius 3 is 1.58 bits per heavy atom. The highest BCUT2D eigenvalue weighted by Crippen LogP contribution is 1.85. The van der Waals surface area contributed by atoms with Crippen LogP contribution in [0.1, 0.15) is 13.8 Å². The summed E-state index contributed by atoms with van der Waals surface area (Å²) in [6.45, 7) is 12.2. The third kappa shape index (κ3) is 14.9. The van der Waals surface area contributed by atoms with E-state index in [-0.39, 0.29) is 11.9 Å². The Balaban J connectivity index is 0.000000479. The standard InChI is InChI=1S/2C9H13N2O2.CBNO2/c2*1-3-10-4-5-11(8-10)6-7-13-9(2)12;3-1-2(4)5/h2*3-5,8H,1,6-7H2,2H3;/q2*+1;-2. The number of nitriles is 1. The lowest BCUT2D eigenvalue weighted by molar-refractivity contribution is -0.697. The summed E-state index contributed by atoms with van der Waals surface area (Å²) >= 11 is 0. The molecule has 0 unspecified atom stereocenters. The average Bonchev–Trinajstić information content (AvgIpc) is 3.37. The normalized spacial score (nSPS) is 9.00. The van der Waals surface area contributed by atoms with E-state index < -0.39 is 7.12 Å². The molecule has 2 rings (SSSR count). The van der Waals surface area contributed by atoms with Gasteiger partial charge in [-0.3, -0.25) is 9.59 Å². The predicted octanol–water partition coefficient (Wildman–Crippen LogP) is -1.86. The van der Waals surface area contributed by atoms with Crippen LogP contribution in [0.3, 0.4) is 0 Å². The Labute approximate surface area is 181 Å². The smallest absolute Gasteiger partial charge is 0.302 e. The second-order valence-corrected chi connectivity index (χ2v) is 5.70. The van der Waals surface area contributed by atoms with E-state index in [9.17, 15) is 9.59 Å². The fourth-order valence-electron chi connectivity index (χ4n) is 1.89. The Hall–Kier alpha value is -3.69. The lowest BCUT2D eigenvalue weighted by Crippen LogP contribution is -2.43. The zero-order valence-corrected chi connectivity index (χ0v) is 17.6. The number of imidazole rings is 2. The first-order chi connectivity index (χ1) is 14.7. The molecule has 31 heavy (non-hydrogen) atoms. The first-order valence-electron chi connectivity index (χ1n) is 9.08. The zero-order chi connectivity index (χ0) is 23.6. The molecule has 2 aromatic heterocycles. The number of esters is 2. The van der Waals surface area contributed by atoms with Gasteiger partial charge in [-0.05, 0) is 5.97 Å². The summed E-state index contributed by atoms with van der Waals surface area (Å²) in [7, 11) is -2.31. The molecule has 166 valence electrons. The summed E-state index contributed by atoms with van der Waals surface area (Å²) in [4.78, 5) is 20.9. The molecule has 0 aliphatic rings. The van der Waals surface area contributed by atoms with Crippen LogP contribution in [0.4, 0.5) is 0 Å². The molecule has 0 saturated carbocycles. The predicted molar refractivity (Wildman–Crippen MR) is 107 cm³/mol. The van der Waals surface area contributed by atoms with Crippen LogP contribution < -0.4 is 19.2 Å². The number of nitrogens with zero attached hydrogens (tertiary/aromatic N) is 5. The van der Waals surface area contributed by atoms with Gasteiger partial charge in [0.05, 0.1) is 12.4 Å². The maximum Gasteiger partial charge on any atom is 0.302 e. The molecule has 0 saturated heterocycles. The topological polar surface area (TPSA) is 140 Å². The number of carbonyl (C=O) groups is 2. The first-order valence-corrected chi connectivity index (χ1v) is 9.08. The van der Waals surface area contributed by atoms with Gasteiger partial charge in [0, 0.05) is 21.0 Å². The van der Waals surface area contributed by atoms with Crippen LogP contribution in [-0.4, -0.2) is 41.4 Å². The minimum Gasteiger partial charge on any atom is -0.881 e. The Morgan fingerprint density at radius 2 is 1.35 bits per heavy atom. The second kappa shape index (κ2) is 16.1. The van der Waals surface area contributed by atoms with Crippen LogP contribution in [0.15, 0.2) is 50.6 Å². The molecule has 0 radical (unpaired) electrons. The van der Waals surface area contributed by atoms with E-state index in [1.54, 1.807) is 12.4 Å².